The summed E-state index contributed by atoms with van der Waals surface area (Å²) in [5, 5.41) is 8.23. The predicted molar refractivity (Wildman–Crippen MR) is 233 cm³/mol. The number of pyridine rings is 1. The molecule has 13 nitrogen and oxygen atoms in total. The van der Waals surface area contributed by atoms with Crippen molar-refractivity contribution in [3.8, 4) is 22.5 Å². The van der Waals surface area contributed by atoms with Gasteiger partial charge in [-0.05, 0) is 62.9 Å². The van der Waals surface area contributed by atoms with Gasteiger partial charge in [0.05, 0.1) is 54.1 Å². The predicted octanol–water partition coefficient (Wildman–Crippen LogP) is 5.46. The normalized spacial score (nSPS) is 20.3. The minimum atomic E-state index is -0.913. The average Bonchev–Trinajstić information content (AvgIpc) is 3.73. The van der Waals surface area contributed by atoms with Crippen LogP contribution in [0.3, 0.4) is 0 Å². The van der Waals surface area contributed by atoms with Gasteiger partial charge in [-0.25, -0.2) is 15.2 Å². The highest BCUT2D eigenvalue weighted by Gasteiger charge is 2.37. The van der Waals surface area contributed by atoms with Crippen molar-refractivity contribution in [2.24, 2.45) is 5.41 Å². The molecule has 0 spiro atoms. The number of nitrogens with one attached hydrogen (secondary N) is 2. The van der Waals surface area contributed by atoms with Gasteiger partial charge >= 0.3 is 12.0 Å². The van der Waals surface area contributed by atoms with Crippen molar-refractivity contribution in [1.29, 1.82) is 0 Å². The van der Waals surface area contributed by atoms with Crippen LogP contribution in [0, 0.1) is 5.41 Å². The van der Waals surface area contributed by atoms with E-state index >= 15 is 0 Å². The van der Waals surface area contributed by atoms with Crippen LogP contribution in [0.25, 0.3) is 33.4 Å². The minimum absolute atomic E-state index is 0. The van der Waals surface area contributed by atoms with Crippen molar-refractivity contribution < 1.29 is 28.6 Å². The number of esters is 1. The average molecular weight is 846 g/mol. The van der Waals surface area contributed by atoms with Gasteiger partial charge in [0.2, 0.25) is 0 Å². The van der Waals surface area contributed by atoms with Crippen molar-refractivity contribution in [3.05, 3.63) is 58.2 Å². The molecule has 2 saturated heterocycles. The van der Waals surface area contributed by atoms with Gasteiger partial charge in [0, 0.05) is 72.7 Å². The number of hydrogen-bond donors (Lipinski definition) is 2. The molecule has 0 unspecified atom stereocenters. The third-order valence-corrected chi connectivity index (χ3v) is 11.5. The Bertz CT molecular complexity index is 2020. The number of urea groups is 1. The molecule has 306 valence electrons. The van der Waals surface area contributed by atoms with E-state index in [0.29, 0.717) is 44.0 Å². The molecule has 2 fully saturated rings. The van der Waals surface area contributed by atoms with Gasteiger partial charge in [0.1, 0.15) is 12.1 Å². The zero-order chi connectivity index (χ0) is 37.4. The van der Waals surface area contributed by atoms with Gasteiger partial charge < -0.3 is 29.0 Å². The summed E-state index contributed by atoms with van der Waals surface area (Å²) in [5.74, 6) is -0.738. The Balaban J connectivity index is 0.00000232. The van der Waals surface area contributed by atoms with Gasteiger partial charge in [0.15, 0.2) is 0 Å². The lowest BCUT2D eigenvalue weighted by Crippen LogP contribution is -2.62. The van der Waals surface area contributed by atoms with Crippen LogP contribution in [-0.4, -0.2) is 101 Å². The fourth-order valence-electron chi connectivity index (χ4n) is 7.43. The fraction of sp³-hybridized carbons (Fsp3) is 0.513. The van der Waals surface area contributed by atoms with Gasteiger partial charge in [-0.2, -0.15) is 40.5 Å². The van der Waals surface area contributed by atoms with E-state index in [4.69, 9.17) is 24.2 Å². The van der Waals surface area contributed by atoms with Crippen molar-refractivity contribution in [2.45, 2.75) is 84.2 Å². The summed E-state index contributed by atoms with van der Waals surface area (Å²) in [6, 6.07) is 8.47. The first-order valence-electron chi connectivity index (χ1n) is 18.4. The Kier molecular flexibility index (Phi) is 15.4. The first-order valence-corrected chi connectivity index (χ1v) is 19.3. The molecular weight excluding hydrogens is 791 g/mol. The Morgan fingerprint density at radius 3 is 2.66 bits per heavy atom. The number of carbonyl (C=O) groups excluding carboxylic acids is 3. The zero-order valence-electron chi connectivity index (χ0n) is 32.8. The maximum atomic E-state index is 14.1. The number of aromatic nitrogens is 3. The number of rotatable bonds is 6. The van der Waals surface area contributed by atoms with Gasteiger partial charge in [-0.15, -0.1) is 11.3 Å². The number of likely N-dealkylation sites (N-methyl/N-ethyl adjacent to an activating group) is 1. The highest BCUT2D eigenvalue weighted by Crippen LogP contribution is 2.42. The number of methoxy groups -OCH3 is 1. The molecule has 3 aromatic heterocycles. The molecule has 17 heteroatoms. The fourth-order valence-corrected chi connectivity index (χ4v) is 8.28. The van der Waals surface area contributed by atoms with Crippen molar-refractivity contribution >= 4 is 80.6 Å². The third-order valence-electron chi connectivity index (χ3n) is 10.6. The lowest BCUT2D eigenvalue weighted by Gasteiger charge is -2.37. The van der Waals surface area contributed by atoms with E-state index in [1.165, 1.54) is 16.3 Å². The zero-order valence-corrected chi connectivity index (χ0v) is 36.6. The Hall–Kier alpha value is -3.32. The lowest BCUT2D eigenvalue weighted by atomic mass is 9.84. The molecule has 4 aromatic rings. The molecule has 3 aliphatic heterocycles. The second-order valence-corrected chi connectivity index (χ2v) is 16.0. The molecule has 1 aromatic carbocycles. The summed E-state index contributed by atoms with van der Waals surface area (Å²) in [6.45, 7) is 10.6. The first kappa shape index (κ1) is 45.4. The molecule has 0 aliphatic carbocycles. The maximum absolute atomic E-state index is 14.1. The summed E-state index contributed by atoms with van der Waals surface area (Å²) in [4.78, 5) is 52.5. The molecule has 2 N–H and O–H groups in total. The quantitative estimate of drug-likeness (QED) is 0.242. The number of ether oxygens (including phenoxy) is 3. The van der Waals surface area contributed by atoms with E-state index in [1.54, 1.807) is 25.3 Å². The third kappa shape index (κ3) is 9.19. The van der Waals surface area contributed by atoms with E-state index in [-0.39, 0.29) is 77.6 Å². The maximum Gasteiger partial charge on any atom is 0.324 e. The number of carbonyl (C=O) groups is 3. The number of hydrogen-bond acceptors (Lipinski definition) is 10. The molecule has 3 amide bonds. The molecule has 0 radical (unpaired) electrons. The molecule has 3 aliphatic rings. The summed E-state index contributed by atoms with van der Waals surface area (Å²) in [7, 11) is 3.40. The van der Waals surface area contributed by atoms with Gasteiger partial charge in [-0.1, -0.05) is 19.9 Å². The van der Waals surface area contributed by atoms with Crippen LogP contribution in [0.1, 0.15) is 62.9 Å². The number of thiazole rings is 1. The second-order valence-electron chi connectivity index (χ2n) is 15.0. The van der Waals surface area contributed by atoms with Crippen molar-refractivity contribution in [3.63, 3.8) is 0 Å². The van der Waals surface area contributed by atoms with E-state index < -0.39 is 23.5 Å². The SMILES string of the molecule is CCn1c(-c2cccnc2[C@H](C)OC)c2c3cc(ccc31)-c1csc(n1)C[C@H](NC(=O)N(C)C1COC1)C(=O)N1CCC[C@H](N1)C(=O)OCC(C)(C)C2.S.S.S. The van der Waals surface area contributed by atoms with E-state index in [2.05, 4.69) is 60.3 Å². The molecule has 56 heavy (non-hydrogen) atoms. The van der Waals surface area contributed by atoms with Crippen LogP contribution in [0.15, 0.2) is 41.9 Å². The first-order chi connectivity index (χ1) is 25.5. The monoisotopic (exact) mass is 845 g/mol. The highest BCUT2D eigenvalue weighted by atomic mass is 32.1. The second kappa shape index (κ2) is 19.0. The topological polar surface area (TPSA) is 140 Å². The molecular formula is C39H55N7O6S4. The van der Waals surface area contributed by atoms with E-state index in [9.17, 15) is 14.4 Å². The van der Waals surface area contributed by atoms with Crippen LogP contribution in [0.4, 0.5) is 4.79 Å². The summed E-state index contributed by atoms with van der Waals surface area (Å²) in [5.41, 5.74) is 9.56. The van der Waals surface area contributed by atoms with Gasteiger partial charge in [0.25, 0.3) is 5.91 Å². The minimum Gasteiger partial charge on any atom is -0.464 e. The summed E-state index contributed by atoms with van der Waals surface area (Å²) in [6.07, 6.45) is 3.52. The molecule has 6 bridgehead atoms. The molecule has 0 saturated carbocycles. The smallest absolute Gasteiger partial charge is 0.324 e. The van der Waals surface area contributed by atoms with Crippen LogP contribution >= 0.6 is 51.8 Å². The highest BCUT2D eigenvalue weighted by molar-refractivity contribution is 7.59. The molecule has 6 heterocycles. The standard InChI is InChI=1S/C39H49N7O6S.3H2S/c1-7-45-32-13-12-24-16-27(32)28(35(45)26-10-8-14-40-34(26)23(2)50-6)18-39(3,4)22-52-37(48)29-11-9-15-46(43-29)36(47)30(17-33-41-31(24)21-53-33)42-38(49)44(5)25-19-51-20-25;;;/h8,10,12-14,16,21,23,25,29-30,43H,7,9,11,15,17-20,22H2,1-6H3,(H,42,49);3*1H2/t23-,29-,30-;;;/m0.../s1. The number of hydrazine groups is 1. The molecule has 7 rings (SSSR count). The van der Waals surface area contributed by atoms with Crippen LogP contribution in [0.5, 0.6) is 0 Å². The number of nitrogens with zero attached hydrogens (tertiary/aromatic N) is 5. The number of cyclic esters (lactones) is 1. The lowest BCUT2D eigenvalue weighted by molar-refractivity contribution is -0.155. The van der Waals surface area contributed by atoms with Crippen LogP contribution in [0.2, 0.25) is 0 Å². The molecule has 3 atom stereocenters. The van der Waals surface area contributed by atoms with E-state index in [0.717, 1.165) is 51.2 Å². The Morgan fingerprint density at radius 1 is 1.20 bits per heavy atom. The number of aryl methyl sites for hydroxylation is 1. The Morgan fingerprint density at radius 2 is 1.96 bits per heavy atom. The Labute approximate surface area is 353 Å². The number of benzene rings is 1. The summed E-state index contributed by atoms with van der Waals surface area (Å²) < 4.78 is 19.4. The van der Waals surface area contributed by atoms with Crippen molar-refractivity contribution in [1.82, 2.24) is 35.2 Å². The summed E-state index contributed by atoms with van der Waals surface area (Å²) >= 11 is 1.46. The number of fused-ring (bicyclic) bond motifs is 6. The van der Waals surface area contributed by atoms with Gasteiger partial charge in [-0.3, -0.25) is 19.6 Å². The van der Waals surface area contributed by atoms with Crippen molar-refractivity contribution in [2.75, 3.05) is 40.5 Å². The largest absolute Gasteiger partial charge is 0.464 e. The van der Waals surface area contributed by atoms with E-state index in [1.807, 2.05) is 18.4 Å². The van der Waals surface area contributed by atoms with Crippen LogP contribution < -0.4 is 10.7 Å². The van der Waals surface area contributed by atoms with Crippen LogP contribution in [-0.2, 0) is 43.2 Å². The number of amides is 3.